The van der Waals surface area contributed by atoms with E-state index in [0.717, 1.165) is 5.56 Å². The highest BCUT2D eigenvalue weighted by molar-refractivity contribution is 7.89. The highest BCUT2D eigenvalue weighted by Gasteiger charge is 2.26. The normalized spacial score (nSPS) is 12.9. The number of hydrogen-bond acceptors (Lipinski definition) is 3. The molecule has 0 amide bonds. The van der Waals surface area contributed by atoms with E-state index in [1.807, 2.05) is 20.8 Å². The first-order chi connectivity index (χ1) is 9.57. The van der Waals surface area contributed by atoms with Gasteiger partial charge in [-0.05, 0) is 38.0 Å². The second kappa shape index (κ2) is 6.85. The van der Waals surface area contributed by atoms with Gasteiger partial charge in [0.15, 0.2) is 0 Å². The van der Waals surface area contributed by atoms with Gasteiger partial charge < -0.3 is 5.32 Å². The van der Waals surface area contributed by atoms with E-state index >= 15 is 0 Å². The molecule has 120 valence electrons. The van der Waals surface area contributed by atoms with Crippen molar-refractivity contribution in [3.63, 3.8) is 0 Å². The Bertz CT molecular complexity index is 583. The van der Waals surface area contributed by atoms with Crippen molar-refractivity contribution in [1.82, 2.24) is 10.0 Å². The summed E-state index contributed by atoms with van der Waals surface area (Å²) in [5, 5.41) is 3.16. The van der Waals surface area contributed by atoms with Crippen LogP contribution in [0.25, 0.3) is 0 Å². The minimum atomic E-state index is -3.85. The maximum atomic E-state index is 14.1. The van der Waals surface area contributed by atoms with Crippen LogP contribution in [0.4, 0.5) is 4.39 Å². The lowest BCUT2D eigenvalue weighted by molar-refractivity contribution is 0.437. The molecule has 1 rings (SSSR count). The van der Waals surface area contributed by atoms with Crippen molar-refractivity contribution in [1.29, 1.82) is 0 Å². The van der Waals surface area contributed by atoms with Crippen LogP contribution in [0.2, 0.25) is 0 Å². The van der Waals surface area contributed by atoms with Gasteiger partial charge in [0.1, 0.15) is 10.7 Å². The Balaban J connectivity index is 2.99. The van der Waals surface area contributed by atoms with Crippen LogP contribution in [0, 0.1) is 5.82 Å². The van der Waals surface area contributed by atoms with Gasteiger partial charge in [-0.2, -0.15) is 0 Å². The maximum absolute atomic E-state index is 14.1. The molecule has 0 heterocycles. The molecule has 6 heteroatoms. The lowest BCUT2D eigenvalue weighted by atomic mass is 10.0. The van der Waals surface area contributed by atoms with E-state index in [4.69, 9.17) is 0 Å². The largest absolute Gasteiger partial charge is 0.310 e. The highest BCUT2D eigenvalue weighted by atomic mass is 32.2. The van der Waals surface area contributed by atoms with Crippen molar-refractivity contribution in [2.75, 3.05) is 0 Å². The number of sulfonamides is 1. The standard InChI is InChI=1S/C15H25FN2O2S/c1-6-15(4,5)18-21(19,20)14-8-7-12(9-13(14)16)10-17-11(2)3/h7-9,11,17-18H,6,10H2,1-5H3. The monoisotopic (exact) mass is 316 g/mol. The summed E-state index contributed by atoms with van der Waals surface area (Å²) in [6.45, 7) is 9.90. The summed E-state index contributed by atoms with van der Waals surface area (Å²) in [5.41, 5.74) is 0.110. The van der Waals surface area contributed by atoms with E-state index in [0.29, 0.717) is 13.0 Å². The molecule has 0 bridgehead atoms. The lowest BCUT2D eigenvalue weighted by Crippen LogP contribution is -2.42. The summed E-state index contributed by atoms with van der Waals surface area (Å²) in [5.74, 6) is -0.725. The molecule has 0 aromatic heterocycles. The average Bonchev–Trinajstić information content (AvgIpc) is 2.34. The number of benzene rings is 1. The third-order valence-corrected chi connectivity index (χ3v) is 5.03. The molecule has 0 radical (unpaired) electrons. The maximum Gasteiger partial charge on any atom is 0.243 e. The molecular formula is C15H25FN2O2S. The van der Waals surface area contributed by atoms with Crippen molar-refractivity contribution in [2.45, 2.75) is 64.1 Å². The zero-order chi connectivity index (χ0) is 16.3. The Morgan fingerprint density at radius 3 is 2.38 bits per heavy atom. The van der Waals surface area contributed by atoms with Gasteiger partial charge in [0.2, 0.25) is 10.0 Å². The van der Waals surface area contributed by atoms with Crippen LogP contribution in [0.5, 0.6) is 0 Å². The van der Waals surface area contributed by atoms with Crippen molar-refractivity contribution in [3.8, 4) is 0 Å². The van der Waals surface area contributed by atoms with Gasteiger partial charge in [-0.25, -0.2) is 17.5 Å². The number of halogens is 1. The number of rotatable bonds is 7. The molecule has 2 N–H and O–H groups in total. The third-order valence-electron chi connectivity index (χ3n) is 3.29. The predicted molar refractivity (Wildman–Crippen MR) is 83.1 cm³/mol. The van der Waals surface area contributed by atoms with Crippen molar-refractivity contribution in [2.24, 2.45) is 0 Å². The average molecular weight is 316 g/mol. The molecular weight excluding hydrogens is 291 g/mol. The fourth-order valence-corrected chi connectivity index (χ4v) is 3.23. The number of hydrogen-bond donors (Lipinski definition) is 2. The van der Waals surface area contributed by atoms with Crippen LogP contribution < -0.4 is 10.0 Å². The molecule has 0 unspecified atom stereocenters. The van der Waals surface area contributed by atoms with E-state index in [-0.39, 0.29) is 10.9 Å². The first kappa shape index (κ1) is 18.1. The van der Waals surface area contributed by atoms with Crippen LogP contribution in [-0.2, 0) is 16.6 Å². The fraction of sp³-hybridized carbons (Fsp3) is 0.600. The molecule has 0 atom stereocenters. The molecule has 4 nitrogen and oxygen atoms in total. The van der Waals surface area contributed by atoms with Gasteiger partial charge in [0.05, 0.1) is 0 Å². The zero-order valence-corrected chi connectivity index (χ0v) is 14.1. The van der Waals surface area contributed by atoms with E-state index in [2.05, 4.69) is 10.0 Å². The Hall–Kier alpha value is -0.980. The SMILES string of the molecule is CCC(C)(C)NS(=O)(=O)c1ccc(CNC(C)C)cc1F. The van der Waals surface area contributed by atoms with Gasteiger partial charge in [-0.1, -0.05) is 26.8 Å². The van der Waals surface area contributed by atoms with E-state index in [1.54, 1.807) is 19.9 Å². The topological polar surface area (TPSA) is 58.2 Å². The zero-order valence-electron chi connectivity index (χ0n) is 13.3. The smallest absolute Gasteiger partial charge is 0.243 e. The highest BCUT2D eigenvalue weighted by Crippen LogP contribution is 2.19. The fourth-order valence-electron chi connectivity index (χ4n) is 1.69. The van der Waals surface area contributed by atoms with Crippen LogP contribution >= 0.6 is 0 Å². The molecule has 0 spiro atoms. The first-order valence-corrected chi connectivity index (χ1v) is 8.61. The molecule has 0 fully saturated rings. The Morgan fingerprint density at radius 1 is 1.29 bits per heavy atom. The molecule has 0 aliphatic carbocycles. The molecule has 0 aliphatic heterocycles. The van der Waals surface area contributed by atoms with Crippen molar-refractivity contribution in [3.05, 3.63) is 29.6 Å². The quantitative estimate of drug-likeness (QED) is 0.813. The summed E-state index contributed by atoms with van der Waals surface area (Å²) in [6, 6.07) is 4.50. The van der Waals surface area contributed by atoms with Gasteiger partial charge in [-0.3, -0.25) is 0 Å². The molecule has 0 saturated carbocycles. The number of nitrogens with one attached hydrogen (secondary N) is 2. The van der Waals surface area contributed by atoms with E-state index in [9.17, 15) is 12.8 Å². The molecule has 1 aromatic rings. The van der Waals surface area contributed by atoms with Crippen LogP contribution in [0.1, 0.15) is 46.6 Å². The van der Waals surface area contributed by atoms with E-state index < -0.39 is 21.4 Å². The van der Waals surface area contributed by atoms with Gasteiger partial charge in [-0.15, -0.1) is 0 Å². The predicted octanol–water partition coefficient (Wildman–Crippen LogP) is 2.79. The summed E-state index contributed by atoms with van der Waals surface area (Å²) >= 11 is 0. The van der Waals surface area contributed by atoms with Gasteiger partial charge in [0, 0.05) is 18.1 Å². The lowest BCUT2D eigenvalue weighted by Gasteiger charge is -2.24. The minimum absolute atomic E-state index is 0.281. The Morgan fingerprint density at radius 2 is 1.90 bits per heavy atom. The third kappa shape index (κ3) is 5.37. The van der Waals surface area contributed by atoms with E-state index in [1.165, 1.54) is 12.1 Å². The van der Waals surface area contributed by atoms with Crippen LogP contribution in [0.3, 0.4) is 0 Å². The van der Waals surface area contributed by atoms with Gasteiger partial charge >= 0.3 is 0 Å². The molecule has 1 aromatic carbocycles. The summed E-state index contributed by atoms with van der Waals surface area (Å²) in [7, 11) is -3.85. The Labute approximate surface area is 127 Å². The summed E-state index contributed by atoms with van der Waals surface area (Å²) < 4.78 is 41.1. The second-order valence-electron chi connectivity index (χ2n) is 6.14. The minimum Gasteiger partial charge on any atom is -0.310 e. The summed E-state index contributed by atoms with van der Waals surface area (Å²) in [6.07, 6.45) is 0.615. The Kier molecular flexibility index (Phi) is 5.90. The second-order valence-corrected chi connectivity index (χ2v) is 7.79. The first-order valence-electron chi connectivity index (χ1n) is 7.13. The van der Waals surface area contributed by atoms with Gasteiger partial charge in [0.25, 0.3) is 0 Å². The van der Waals surface area contributed by atoms with Crippen molar-refractivity contribution < 1.29 is 12.8 Å². The van der Waals surface area contributed by atoms with Crippen LogP contribution in [-0.4, -0.2) is 20.0 Å². The molecule has 0 saturated heterocycles. The summed E-state index contributed by atoms with van der Waals surface area (Å²) in [4.78, 5) is -0.308. The van der Waals surface area contributed by atoms with Crippen molar-refractivity contribution >= 4 is 10.0 Å². The van der Waals surface area contributed by atoms with Crippen LogP contribution in [0.15, 0.2) is 23.1 Å². The molecule has 0 aliphatic rings. The molecule has 21 heavy (non-hydrogen) atoms.